The van der Waals surface area contributed by atoms with E-state index in [4.69, 9.17) is 0 Å². The van der Waals surface area contributed by atoms with Crippen molar-refractivity contribution in [3.8, 4) is 0 Å². The Morgan fingerprint density at radius 3 is 2.67 bits per heavy atom. The van der Waals surface area contributed by atoms with Crippen molar-refractivity contribution in [2.24, 2.45) is 0 Å². The number of carbonyl (C=O) groups excluding carboxylic acids is 1. The molecule has 106 valence electrons. The molecule has 21 heavy (non-hydrogen) atoms. The molecule has 0 aliphatic rings. The van der Waals surface area contributed by atoms with E-state index < -0.39 is 0 Å². The van der Waals surface area contributed by atoms with Crippen LogP contribution in [0.1, 0.15) is 27.3 Å². The number of rotatable bonds is 2. The molecular weight excluding hydrogens is 262 g/mol. The van der Waals surface area contributed by atoms with Gasteiger partial charge in [0.1, 0.15) is 0 Å². The first-order valence-electron chi connectivity index (χ1n) is 6.87. The summed E-state index contributed by atoms with van der Waals surface area (Å²) in [5.74, 6) is -0.124. The number of nitrogens with one attached hydrogen (secondary N) is 2. The van der Waals surface area contributed by atoms with Crippen LogP contribution in [-0.4, -0.2) is 15.9 Å². The van der Waals surface area contributed by atoms with E-state index in [2.05, 4.69) is 22.2 Å². The normalized spacial score (nSPS) is 10.8. The lowest BCUT2D eigenvalue weighted by atomic mass is 10.1. The second-order valence-electron chi connectivity index (χ2n) is 5.28. The number of nitrogens with zero attached hydrogens (tertiary/aromatic N) is 1. The number of fused-ring (bicyclic) bond motifs is 1. The van der Waals surface area contributed by atoms with E-state index in [-0.39, 0.29) is 5.91 Å². The van der Waals surface area contributed by atoms with Crippen LogP contribution in [0.3, 0.4) is 0 Å². The molecular formula is C17H17N3O. The predicted octanol–water partition coefficient (Wildman–Crippen LogP) is 3.74. The van der Waals surface area contributed by atoms with Gasteiger partial charge in [0.2, 0.25) is 0 Å². The van der Waals surface area contributed by atoms with Crippen LogP contribution in [-0.2, 0) is 0 Å². The molecule has 0 aliphatic heterocycles. The summed E-state index contributed by atoms with van der Waals surface area (Å²) >= 11 is 0. The summed E-state index contributed by atoms with van der Waals surface area (Å²) < 4.78 is 0. The van der Waals surface area contributed by atoms with Gasteiger partial charge in [-0.15, -0.1) is 0 Å². The average Bonchev–Trinajstić information content (AvgIpc) is 2.76. The molecule has 3 rings (SSSR count). The van der Waals surface area contributed by atoms with Crippen molar-refractivity contribution >= 4 is 22.5 Å². The second-order valence-corrected chi connectivity index (χ2v) is 5.28. The quantitative estimate of drug-likeness (QED) is 0.750. The van der Waals surface area contributed by atoms with Crippen LogP contribution < -0.4 is 5.32 Å². The zero-order valence-electron chi connectivity index (χ0n) is 12.3. The number of anilines is 1. The number of hydrogen-bond acceptors (Lipinski definition) is 2. The van der Waals surface area contributed by atoms with E-state index in [1.165, 1.54) is 5.56 Å². The average molecular weight is 279 g/mol. The molecule has 0 aliphatic carbocycles. The second kappa shape index (κ2) is 5.05. The Kier molecular flexibility index (Phi) is 3.22. The molecule has 4 nitrogen and oxygen atoms in total. The molecule has 2 aromatic heterocycles. The van der Waals surface area contributed by atoms with E-state index in [9.17, 15) is 4.79 Å². The highest BCUT2D eigenvalue weighted by atomic mass is 16.1. The number of aryl methyl sites for hydroxylation is 3. The molecule has 0 radical (unpaired) electrons. The maximum absolute atomic E-state index is 12.3. The minimum Gasteiger partial charge on any atom is -0.358 e. The van der Waals surface area contributed by atoms with Gasteiger partial charge in [0.25, 0.3) is 5.91 Å². The molecule has 0 saturated carbocycles. The van der Waals surface area contributed by atoms with E-state index in [1.807, 2.05) is 44.2 Å². The number of pyridine rings is 1. The Hall–Kier alpha value is -2.62. The molecule has 3 aromatic rings. The van der Waals surface area contributed by atoms with Crippen LogP contribution in [0.15, 0.2) is 36.5 Å². The van der Waals surface area contributed by atoms with Gasteiger partial charge in [0.15, 0.2) is 0 Å². The first-order valence-corrected chi connectivity index (χ1v) is 6.87. The highest BCUT2D eigenvalue weighted by Gasteiger charge is 2.10. The highest BCUT2D eigenvalue weighted by Crippen LogP contribution is 2.22. The number of H-pyrrole nitrogens is 1. The third-order valence-corrected chi connectivity index (χ3v) is 3.74. The Morgan fingerprint density at radius 1 is 1.14 bits per heavy atom. The van der Waals surface area contributed by atoms with Crippen LogP contribution in [0, 0.1) is 20.8 Å². The fraction of sp³-hybridized carbons (Fsp3) is 0.176. The monoisotopic (exact) mass is 279 g/mol. The van der Waals surface area contributed by atoms with Gasteiger partial charge in [0, 0.05) is 27.9 Å². The highest BCUT2D eigenvalue weighted by molar-refractivity contribution is 6.06. The Labute approximate surface area is 123 Å². The summed E-state index contributed by atoms with van der Waals surface area (Å²) in [5, 5.41) is 3.95. The summed E-state index contributed by atoms with van der Waals surface area (Å²) in [6, 6.07) is 9.42. The summed E-state index contributed by atoms with van der Waals surface area (Å²) in [4.78, 5) is 19.8. The van der Waals surface area contributed by atoms with Crippen LogP contribution in [0.4, 0.5) is 5.69 Å². The molecule has 0 fully saturated rings. The van der Waals surface area contributed by atoms with Crippen molar-refractivity contribution in [1.29, 1.82) is 0 Å². The zero-order chi connectivity index (χ0) is 15.0. The number of aromatic nitrogens is 2. The lowest BCUT2D eigenvalue weighted by molar-refractivity contribution is 0.102. The van der Waals surface area contributed by atoms with Gasteiger partial charge >= 0.3 is 0 Å². The van der Waals surface area contributed by atoms with E-state index in [0.29, 0.717) is 11.3 Å². The Balaban J connectivity index is 1.90. The molecule has 1 amide bonds. The largest absolute Gasteiger partial charge is 0.358 e. The SMILES string of the molecule is Cc1ccc(NC(=O)c2ccc3[nH]c(C)c(C)c3c2)cn1. The summed E-state index contributed by atoms with van der Waals surface area (Å²) in [6.07, 6.45) is 1.66. The molecule has 2 heterocycles. The fourth-order valence-electron chi connectivity index (χ4n) is 2.35. The third-order valence-electron chi connectivity index (χ3n) is 3.74. The number of benzene rings is 1. The Bertz CT molecular complexity index is 816. The molecule has 1 aromatic carbocycles. The van der Waals surface area contributed by atoms with Gasteiger partial charge in [-0.25, -0.2) is 0 Å². The summed E-state index contributed by atoms with van der Waals surface area (Å²) in [5.41, 5.74) is 5.63. The van der Waals surface area contributed by atoms with Crippen molar-refractivity contribution in [2.45, 2.75) is 20.8 Å². The fourth-order valence-corrected chi connectivity index (χ4v) is 2.35. The zero-order valence-corrected chi connectivity index (χ0v) is 12.3. The van der Waals surface area contributed by atoms with E-state index >= 15 is 0 Å². The molecule has 0 unspecified atom stereocenters. The first kappa shape index (κ1) is 13.4. The van der Waals surface area contributed by atoms with Crippen molar-refractivity contribution in [1.82, 2.24) is 9.97 Å². The van der Waals surface area contributed by atoms with Gasteiger partial charge in [0.05, 0.1) is 11.9 Å². The van der Waals surface area contributed by atoms with Crippen LogP contribution in [0.25, 0.3) is 10.9 Å². The smallest absolute Gasteiger partial charge is 0.255 e. The Morgan fingerprint density at radius 2 is 1.95 bits per heavy atom. The molecule has 4 heteroatoms. The third kappa shape index (κ3) is 2.52. The van der Waals surface area contributed by atoms with E-state index in [1.54, 1.807) is 6.20 Å². The minimum absolute atomic E-state index is 0.124. The van der Waals surface area contributed by atoms with E-state index in [0.717, 1.165) is 22.3 Å². The summed E-state index contributed by atoms with van der Waals surface area (Å²) in [6.45, 7) is 6.00. The predicted molar refractivity (Wildman–Crippen MR) is 84.7 cm³/mol. The van der Waals surface area contributed by atoms with Crippen LogP contribution in [0.2, 0.25) is 0 Å². The van der Waals surface area contributed by atoms with Gasteiger partial charge < -0.3 is 10.3 Å². The topological polar surface area (TPSA) is 57.8 Å². The first-order chi connectivity index (χ1) is 10.0. The molecule has 0 spiro atoms. The van der Waals surface area contributed by atoms with Crippen molar-refractivity contribution in [2.75, 3.05) is 5.32 Å². The minimum atomic E-state index is -0.124. The van der Waals surface area contributed by atoms with Crippen molar-refractivity contribution in [3.05, 3.63) is 59.0 Å². The molecule has 0 bridgehead atoms. The maximum atomic E-state index is 12.3. The van der Waals surface area contributed by atoms with Gasteiger partial charge in [-0.3, -0.25) is 9.78 Å². The number of amides is 1. The molecule has 0 saturated heterocycles. The van der Waals surface area contributed by atoms with Gasteiger partial charge in [-0.05, 0) is 56.7 Å². The van der Waals surface area contributed by atoms with Crippen LogP contribution in [0.5, 0.6) is 0 Å². The van der Waals surface area contributed by atoms with Crippen molar-refractivity contribution in [3.63, 3.8) is 0 Å². The standard InChI is InChI=1S/C17H17N3O/c1-10-4-6-14(9-18-10)20-17(21)13-5-7-16-15(8-13)11(2)12(3)19-16/h4-9,19H,1-3H3,(H,20,21). The van der Waals surface area contributed by atoms with Crippen LogP contribution >= 0.6 is 0 Å². The van der Waals surface area contributed by atoms with Gasteiger partial charge in [-0.1, -0.05) is 0 Å². The molecule has 2 N–H and O–H groups in total. The number of carbonyl (C=O) groups is 1. The lowest BCUT2D eigenvalue weighted by Crippen LogP contribution is -2.11. The summed E-state index contributed by atoms with van der Waals surface area (Å²) in [7, 11) is 0. The number of hydrogen-bond donors (Lipinski definition) is 2. The lowest BCUT2D eigenvalue weighted by Gasteiger charge is -2.05. The maximum Gasteiger partial charge on any atom is 0.255 e. The van der Waals surface area contributed by atoms with Crippen molar-refractivity contribution < 1.29 is 4.79 Å². The number of aromatic amines is 1. The molecule has 0 atom stereocenters. The van der Waals surface area contributed by atoms with Gasteiger partial charge in [-0.2, -0.15) is 0 Å².